The van der Waals surface area contributed by atoms with Crippen LogP contribution < -0.4 is 5.32 Å². The van der Waals surface area contributed by atoms with Crippen molar-refractivity contribution in [1.29, 1.82) is 0 Å². The van der Waals surface area contributed by atoms with E-state index < -0.39 is 0 Å². The molecule has 1 aromatic heterocycles. The smallest absolute Gasteiger partial charge is 0.324 e. The van der Waals surface area contributed by atoms with Gasteiger partial charge in [-0.3, -0.25) is 5.32 Å². The largest absolute Gasteiger partial charge is 0.395 e. The minimum absolute atomic E-state index is 0.101. The van der Waals surface area contributed by atoms with Crippen molar-refractivity contribution >= 4 is 11.9 Å². The molecule has 0 saturated heterocycles. The maximum Gasteiger partial charge on any atom is 0.324 e. The molecule has 0 saturated carbocycles. The predicted octanol–water partition coefficient (Wildman–Crippen LogP) is 1.70. The van der Waals surface area contributed by atoms with Crippen molar-refractivity contribution in [3.8, 4) is 0 Å². The number of hydrogen-bond donors (Lipinski definition) is 2. The molecule has 0 atom stereocenters. The number of aromatic nitrogens is 1. The van der Waals surface area contributed by atoms with Gasteiger partial charge in [0, 0.05) is 19.2 Å². The molecule has 1 heterocycles. The van der Waals surface area contributed by atoms with Gasteiger partial charge in [0.2, 0.25) is 5.88 Å². The summed E-state index contributed by atoms with van der Waals surface area (Å²) >= 11 is 0. The standard InChI is InChI=1S/C13H15N3O3/c17-9-8-16(10-11-4-2-1-3-5-11)13(18)15-12-6-7-14-19-12/h1-7,17H,8-10H2,(H,15,18). The lowest BCUT2D eigenvalue weighted by atomic mass is 10.2. The highest BCUT2D eigenvalue weighted by molar-refractivity contribution is 5.87. The molecule has 0 aliphatic heterocycles. The summed E-state index contributed by atoms with van der Waals surface area (Å²) in [4.78, 5) is 13.5. The number of aliphatic hydroxyl groups excluding tert-OH is 1. The van der Waals surface area contributed by atoms with E-state index in [4.69, 9.17) is 9.63 Å². The molecule has 6 heteroatoms. The van der Waals surface area contributed by atoms with Crippen LogP contribution in [0.3, 0.4) is 0 Å². The molecule has 0 aliphatic rings. The van der Waals surface area contributed by atoms with E-state index in [2.05, 4.69) is 10.5 Å². The zero-order valence-corrected chi connectivity index (χ0v) is 10.3. The Morgan fingerprint density at radius 3 is 2.74 bits per heavy atom. The van der Waals surface area contributed by atoms with Crippen LogP contribution in [0.4, 0.5) is 10.7 Å². The van der Waals surface area contributed by atoms with Crippen molar-refractivity contribution in [2.24, 2.45) is 0 Å². The summed E-state index contributed by atoms with van der Waals surface area (Å²) in [5, 5.41) is 15.1. The van der Waals surface area contributed by atoms with Crippen molar-refractivity contribution in [1.82, 2.24) is 10.1 Å². The fourth-order valence-electron chi connectivity index (χ4n) is 1.64. The molecule has 2 rings (SSSR count). The molecule has 0 spiro atoms. The van der Waals surface area contributed by atoms with Gasteiger partial charge in [0.1, 0.15) is 0 Å². The van der Waals surface area contributed by atoms with Crippen LogP contribution in [0, 0.1) is 0 Å². The highest BCUT2D eigenvalue weighted by Gasteiger charge is 2.14. The quantitative estimate of drug-likeness (QED) is 0.858. The summed E-state index contributed by atoms with van der Waals surface area (Å²) in [6, 6.07) is 10.8. The summed E-state index contributed by atoms with van der Waals surface area (Å²) in [6.45, 7) is 0.562. The second kappa shape index (κ2) is 6.55. The second-order valence-electron chi connectivity index (χ2n) is 3.94. The number of aliphatic hydroxyl groups is 1. The Hall–Kier alpha value is -2.34. The van der Waals surface area contributed by atoms with E-state index in [1.54, 1.807) is 6.07 Å². The molecular weight excluding hydrogens is 246 g/mol. The zero-order chi connectivity index (χ0) is 13.5. The summed E-state index contributed by atoms with van der Waals surface area (Å²) in [6.07, 6.45) is 1.45. The maximum atomic E-state index is 12.0. The molecule has 0 bridgehead atoms. The minimum Gasteiger partial charge on any atom is -0.395 e. The third kappa shape index (κ3) is 3.82. The van der Waals surface area contributed by atoms with Gasteiger partial charge >= 0.3 is 6.03 Å². The van der Waals surface area contributed by atoms with Crippen LogP contribution in [0.25, 0.3) is 0 Å². The lowest BCUT2D eigenvalue weighted by Gasteiger charge is -2.21. The highest BCUT2D eigenvalue weighted by Crippen LogP contribution is 2.09. The molecule has 0 radical (unpaired) electrons. The molecule has 100 valence electrons. The Morgan fingerprint density at radius 1 is 1.32 bits per heavy atom. The van der Waals surface area contributed by atoms with Crippen LogP contribution in [0.5, 0.6) is 0 Å². The molecule has 0 unspecified atom stereocenters. The molecule has 6 nitrogen and oxygen atoms in total. The van der Waals surface area contributed by atoms with E-state index >= 15 is 0 Å². The average molecular weight is 261 g/mol. The van der Waals surface area contributed by atoms with Crippen LogP contribution in [-0.2, 0) is 6.54 Å². The first-order valence-corrected chi connectivity index (χ1v) is 5.91. The Balaban J connectivity index is 2.00. The number of carbonyl (C=O) groups excluding carboxylic acids is 1. The Kier molecular flexibility index (Phi) is 4.52. The molecule has 19 heavy (non-hydrogen) atoms. The van der Waals surface area contributed by atoms with Crippen molar-refractivity contribution in [3.05, 3.63) is 48.2 Å². The van der Waals surface area contributed by atoms with Gasteiger partial charge in [-0.2, -0.15) is 0 Å². The number of urea groups is 1. The molecule has 0 aliphatic carbocycles. The molecule has 2 amide bonds. The number of anilines is 1. The van der Waals surface area contributed by atoms with E-state index in [9.17, 15) is 4.79 Å². The number of nitrogens with one attached hydrogen (secondary N) is 1. The second-order valence-corrected chi connectivity index (χ2v) is 3.94. The van der Waals surface area contributed by atoms with Crippen LogP contribution in [0.15, 0.2) is 47.1 Å². The fraction of sp³-hybridized carbons (Fsp3) is 0.231. The Morgan fingerprint density at radius 2 is 2.11 bits per heavy atom. The summed E-state index contributed by atoms with van der Waals surface area (Å²) in [7, 11) is 0. The van der Waals surface area contributed by atoms with E-state index in [-0.39, 0.29) is 25.1 Å². The Labute approximate surface area is 110 Å². The molecule has 2 N–H and O–H groups in total. The minimum atomic E-state index is -0.338. The number of carbonyl (C=O) groups is 1. The zero-order valence-electron chi connectivity index (χ0n) is 10.3. The van der Waals surface area contributed by atoms with Gasteiger partial charge < -0.3 is 14.5 Å². The number of hydrogen-bond acceptors (Lipinski definition) is 4. The normalized spacial score (nSPS) is 10.2. The van der Waals surface area contributed by atoms with Crippen LogP contribution >= 0.6 is 0 Å². The molecular formula is C13H15N3O3. The number of rotatable bonds is 5. The molecule has 0 fully saturated rings. The molecule has 1 aromatic carbocycles. The highest BCUT2D eigenvalue weighted by atomic mass is 16.5. The third-order valence-electron chi connectivity index (χ3n) is 2.54. The van der Waals surface area contributed by atoms with Gasteiger partial charge in [-0.15, -0.1) is 0 Å². The maximum absolute atomic E-state index is 12.0. The van der Waals surface area contributed by atoms with E-state index in [0.29, 0.717) is 6.54 Å². The summed E-state index contributed by atoms with van der Waals surface area (Å²) in [5.41, 5.74) is 0.990. The van der Waals surface area contributed by atoms with Crippen molar-refractivity contribution < 1.29 is 14.4 Å². The first-order valence-electron chi connectivity index (χ1n) is 5.91. The number of nitrogens with zero attached hydrogens (tertiary/aromatic N) is 2. The van der Waals surface area contributed by atoms with E-state index in [1.165, 1.54) is 11.1 Å². The van der Waals surface area contributed by atoms with Gasteiger partial charge in [-0.1, -0.05) is 35.5 Å². The summed E-state index contributed by atoms with van der Waals surface area (Å²) in [5.74, 6) is 0.279. The SMILES string of the molecule is O=C(Nc1ccno1)N(CCO)Cc1ccccc1. The van der Waals surface area contributed by atoms with Crippen molar-refractivity contribution in [2.45, 2.75) is 6.54 Å². The fourth-order valence-corrected chi connectivity index (χ4v) is 1.64. The van der Waals surface area contributed by atoms with Gasteiger partial charge in [0.15, 0.2) is 0 Å². The van der Waals surface area contributed by atoms with Crippen molar-refractivity contribution in [2.75, 3.05) is 18.5 Å². The Bertz CT molecular complexity index is 499. The average Bonchev–Trinajstić information content (AvgIpc) is 2.92. The number of amides is 2. The van der Waals surface area contributed by atoms with Crippen LogP contribution in [0.1, 0.15) is 5.56 Å². The first-order chi connectivity index (χ1) is 9.29. The summed E-state index contributed by atoms with van der Waals surface area (Å²) < 4.78 is 4.81. The van der Waals surface area contributed by atoms with E-state index in [0.717, 1.165) is 5.56 Å². The lowest BCUT2D eigenvalue weighted by Crippen LogP contribution is -2.36. The van der Waals surface area contributed by atoms with Gasteiger partial charge in [0.25, 0.3) is 0 Å². The monoisotopic (exact) mass is 261 g/mol. The van der Waals surface area contributed by atoms with Gasteiger partial charge in [0.05, 0.1) is 12.8 Å². The van der Waals surface area contributed by atoms with Gasteiger partial charge in [-0.05, 0) is 5.56 Å². The third-order valence-corrected chi connectivity index (χ3v) is 2.54. The molecule has 2 aromatic rings. The number of benzene rings is 1. The predicted molar refractivity (Wildman–Crippen MR) is 69.5 cm³/mol. The first kappa shape index (κ1) is 13.1. The van der Waals surface area contributed by atoms with Gasteiger partial charge in [-0.25, -0.2) is 4.79 Å². The van der Waals surface area contributed by atoms with Crippen LogP contribution in [-0.4, -0.2) is 34.3 Å². The van der Waals surface area contributed by atoms with E-state index in [1.807, 2.05) is 30.3 Å². The lowest BCUT2D eigenvalue weighted by molar-refractivity contribution is 0.184. The van der Waals surface area contributed by atoms with Crippen LogP contribution in [0.2, 0.25) is 0 Å². The van der Waals surface area contributed by atoms with Crippen molar-refractivity contribution in [3.63, 3.8) is 0 Å². The topological polar surface area (TPSA) is 78.6 Å².